The van der Waals surface area contributed by atoms with Crippen molar-refractivity contribution in [2.75, 3.05) is 11.9 Å². The van der Waals surface area contributed by atoms with Gasteiger partial charge in [0.15, 0.2) is 0 Å². The van der Waals surface area contributed by atoms with E-state index >= 15 is 0 Å². The molecule has 0 fully saturated rings. The lowest BCUT2D eigenvalue weighted by molar-refractivity contribution is 0.626. The monoisotopic (exact) mass is 243 g/mol. The van der Waals surface area contributed by atoms with Crippen LogP contribution in [0.1, 0.15) is 25.3 Å². The Bertz CT molecular complexity index is 522. The Hall–Kier alpha value is -1.61. The van der Waals surface area contributed by atoms with Crippen LogP contribution < -0.4 is 11.1 Å². The van der Waals surface area contributed by atoms with Gasteiger partial charge in [-0.3, -0.25) is 0 Å². The minimum Gasteiger partial charge on any atom is -0.368 e. The summed E-state index contributed by atoms with van der Waals surface area (Å²) in [5.41, 5.74) is 8.19. The van der Waals surface area contributed by atoms with Crippen molar-refractivity contribution in [3.63, 3.8) is 0 Å². The van der Waals surface area contributed by atoms with Crippen molar-refractivity contribution in [2.45, 2.75) is 32.7 Å². The van der Waals surface area contributed by atoms with E-state index in [1.807, 2.05) is 18.2 Å². The van der Waals surface area contributed by atoms with E-state index in [2.05, 4.69) is 36.3 Å². The number of fused-ring (bicyclic) bond motifs is 1. The van der Waals surface area contributed by atoms with Crippen molar-refractivity contribution in [2.24, 2.45) is 5.73 Å². The number of hydrogen-bond donors (Lipinski definition) is 2. The zero-order valence-electron chi connectivity index (χ0n) is 11.1. The number of benzene rings is 1. The van der Waals surface area contributed by atoms with Crippen LogP contribution in [-0.4, -0.2) is 17.6 Å². The molecular weight excluding hydrogens is 222 g/mol. The molecule has 1 heterocycles. The number of para-hydroxylation sites is 1. The fraction of sp³-hybridized carbons (Fsp3) is 0.400. The van der Waals surface area contributed by atoms with Crippen LogP contribution in [0.2, 0.25) is 0 Å². The van der Waals surface area contributed by atoms with Gasteiger partial charge in [-0.15, -0.1) is 0 Å². The molecular formula is C15H21N3. The van der Waals surface area contributed by atoms with Gasteiger partial charge in [-0.05, 0) is 31.0 Å². The van der Waals surface area contributed by atoms with Gasteiger partial charge in [-0.25, -0.2) is 4.98 Å². The molecule has 0 aliphatic carbocycles. The second kappa shape index (κ2) is 5.83. The highest BCUT2D eigenvalue weighted by molar-refractivity contribution is 5.81. The maximum absolute atomic E-state index is 6.00. The predicted octanol–water partition coefficient (Wildman–Crippen LogP) is 3.08. The molecule has 1 atom stereocenters. The van der Waals surface area contributed by atoms with Gasteiger partial charge in [-0.2, -0.15) is 0 Å². The molecule has 1 aromatic heterocycles. The molecule has 0 spiro atoms. The lowest BCUT2D eigenvalue weighted by Gasteiger charge is -2.14. The highest BCUT2D eigenvalue weighted by Crippen LogP contribution is 2.19. The van der Waals surface area contributed by atoms with Gasteiger partial charge >= 0.3 is 0 Å². The smallest absolute Gasteiger partial charge is 0.129 e. The molecule has 2 rings (SSSR count). The number of hydrogen-bond acceptors (Lipinski definition) is 3. The highest BCUT2D eigenvalue weighted by Gasteiger charge is 2.05. The molecule has 3 N–H and O–H groups in total. The predicted molar refractivity (Wildman–Crippen MR) is 77.9 cm³/mol. The maximum atomic E-state index is 6.00. The van der Waals surface area contributed by atoms with E-state index in [4.69, 9.17) is 5.73 Å². The largest absolute Gasteiger partial charge is 0.368 e. The van der Waals surface area contributed by atoms with Crippen molar-refractivity contribution in [1.29, 1.82) is 0 Å². The van der Waals surface area contributed by atoms with Crippen LogP contribution in [0, 0.1) is 6.92 Å². The lowest BCUT2D eigenvalue weighted by Crippen LogP contribution is -2.29. The Morgan fingerprint density at radius 3 is 2.89 bits per heavy atom. The molecule has 0 aliphatic heterocycles. The fourth-order valence-electron chi connectivity index (χ4n) is 2.10. The molecule has 18 heavy (non-hydrogen) atoms. The zero-order chi connectivity index (χ0) is 13.0. The topological polar surface area (TPSA) is 50.9 Å². The average molecular weight is 243 g/mol. The number of nitrogens with one attached hydrogen (secondary N) is 1. The van der Waals surface area contributed by atoms with E-state index in [1.165, 1.54) is 5.39 Å². The molecule has 0 saturated heterocycles. The van der Waals surface area contributed by atoms with Crippen LogP contribution in [0.5, 0.6) is 0 Å². The Labute approximate surface area is 108 Å². The normalized spacial score (nSPS) is 12.6. The summed E-state index contributed by atoms with van der Waals surface area (Å²) in [5, 5.41) is 4.53. The molecule has 0 bridgehead atoms. The molecule has 3 nitrogen and oxygen atoms in total. The molecule has 1 unspecified atom stereocenters. The lowest BCUT2D eigenvalue weighted by atomic mass is 10.1. The molecule has 0 aliphatic rings. The standard InChI is InChI=1S/C15H21N3/c1-3-6-13(16)10-17-15-11(2)9-12-7-4-5-8-14(12)18-15/h4-5,7-9,13H,3,6,10,16H2,1-2H3,(H,17,18). The summed E-state index contributed by atoms with van der Waals surface area (Å²) >= 11 is 0. The molecule has 0 saturated carbocycles. The molecule has 0 amide bonds. The van der Waals surface area contributed by atoms with Gasteiger partial charge in [0.05, 0.1) is 5.52 Å². The molecule has 0 radical (unpaired) electrons. The number of aromatic nitrogens is 1. The van der Waals surface area contributed by atoms with E-state index in [0.717, 1.165) is 36.3 Å². The first-order chi connectivity index (χ1) is 8.70. The summed E-state index contributed by atoms with van der Waals surface area (Å²) in [6.45, 7) is 5.01. The van der Waals surface area contributed by atoms with Crippen LogP contribution in [0.4, 0.5) is 5.82 Å². The number of anilines is 1. The quantitative estimate of drug-likeness (QED) is 0.848. The van der Waals surface area contributed by atoms with E-state index in [0.29, 0.717) is 0 Å². The number of nitrogens with two attached hydrogens (primary N) is 1. The number of pyridine rings is 1. The maximum Gasteiger partial charge on any atom is 0.129 e. The van der Waals surface area contributed by atoms with Crippen molar-refractivity contribution < 1.29 is 0 Å². The first kappa shape index (κ1) is 12.8. The van der Waals surface area contributed by atoms with Crippen molar-refractivity contribution >= 4 is 16.7 Å². The summed E-state index contributed by atoms with van der Waals surface area (Å²) in [7, 11) is 0. The van der Waals surface area contributed by atoms with Gasteiger partial charge in [0.2, 0.25) is 0 Å². The van der Waals surface area contributed by atoms with E-state index in [1.54, 1.807) is 0 Å². The van der Waals surface area contributed by atoms with Crippen LogP contribution in [-0.2, 0) is 0 Å². The average Bonchev–Trinajstić information content (AvgIpc) is 2.36. The van der Waals surface area contributed by atoms with Gasteiger partial charge in [0, 0.05) is 18.0 Å². The second-order valence-corrected chi connectivity index (χ2v) is 4.78. The first-order valence-corrected chi connectivity index (χ1v) is 6.56. The highest BCUT2D eigenvalue weighted by atomic mass is 15.0. The molecule has 1 aromatic carbocycles. The van der Waals surface area contributed by atoms with Gasteiger partial charge in [0.25, 0.3) is 0 Å². The summed E-state index contributed by atoms with van der Waals surface area (Å²) in [6.07, 6.45) is 2.16. The third kappa shape index (κ3) is 2.99. The van der Waals surface area contributed by atoms with E-state index in [-0.39, 0.29) is 6.04 Å². The number of nitrogens with zero attached hydrogens (tertiary/aromatic N) is 1. The second-order valence-electron chi connectivity index (χ2n) is 4.78. The van der Waals surface area contributed by atoms with Crippen LogP contribution in [0.25, 0.3) is 10.9 Å². The van der Waals surface area contributed by atoms with Crippen molar-refractivity contribution in [1.82, 2.24) is 4.98 Å². The Morgan fingerprint density at radius 1 is 1.33 bits per heavy atom. The molecule has 96 valence electrons. The SMILES string of the molecule is CCCC(N)CNc1nc2ccccc2cc1C. The van der Waals surface area contributed by atoms with E-state index < -0.39 is 0 Å². The first-order valence-electron chi connectivity index (χ1n) is 6.56. The molecule has 2 aromatic rings. The summed E-state index contributed by atoms with van der Waals surface area (Å²) in [6, 6.07) is 10.5. The fourth-order valence-corrected chi connectivity index (χ4v) is 2.10. The Balaban J connectivity index is 2.15. The minimum atomic E-state index is 0.197. The minimum absolute atomic E-state index is 0.197. The Kier molecular flexibility index (Phi) is 4.15. The summed E-state index contributed by atoms with van der Waals surface area (Å²) in [4.78, 5) is 4.64. The van der Waals surface area contributed by atoms with Gasteiger partial charge in [-0.1, -0.05) is 31.5 Å². The number of rotatable bonds is 5. The van der Waals surface area contributed by atoms with E-state index in [9.17, 15) is 0 Å². The Morgan fingerprint density at radius 2 is 2.11 bits per heavy atom. The van der Waals surface area contributed by atoms with Gasteiger partial charge in [0.1, 0.15) is 5.82 Å². The van der Waals surface area contributed by atoms with Gasteiger partial charge < -0.3 is 11.1 Å². The summed E-state index contributed by atoms with van der Waals surface area (Å²) in [5.74, 6) is 0.945. The van der Waals surface area contributed by atoms with Crippen LogP contribution >= 0.6 is 0 Å². The van der Waals surface area contributed by atoms with Crippen molar-refractivity contribution in [3.05, 3.63) is 35.9 Å². The molecule has 3 heteroatoms. The third-order valence-corrected chi connectivity index (χ3v) is 3.11. The van der Waals surface area contributed by atoms with Crippen LogP contribution in [0.15, 0.2) is 30.3 Å². The number of aryl methyl sites for hydroxylation is 1. The third-order valence-electron chi connectivity index (χ3n) is 3.11. The zero-order valence-corrected chi connectivity index (χ0v) is 11.1. The summed E-state index contributed by atoms with van der Waals surface area (Å²) < 4.78 is 0. The van der Waals surface area contributed by atoms with Crippen LogP contribution in [0.3, 0.4) is 0 Å². The van der Waals surface area contributed by atoms with Crippen molar-refractivity contribution in [3.8, 4) is 0 Å².